The minimum atomic E-state index is 0.480. The van der Waals surface area contributed by atoms with Crippen molar-refractivity contribution in [3.05, 3.63) is 59.6 Å². The molecule has 0 amide bonds. The molecule has 0 atom stereocenters. The van der Waals surface area contributed by atoms with E-state index in [4.69, 9.17) is 17.0 Å². The summed E-state index contributed by atoms with van der Waals surface area (Å²) >= 11 is 6.94. The van der Waals surface area contributed by atoms with Gasteiger partial charge in [0.05, 0.1) is 17.7 Å². The Kier molecular flexibility index (Phi) is 5.35. The first-order valence-electron chi connectivity index (χ1n) is 7.29. The smallest absolute Gasteiger partial charge is 0.229 e. The molecule has 5 nitrogen and oxygen atoms in total. The van der Waals surface area contributed by atoms with Crippen LogP contribution in [-0.4, -0.2) is 22.2 Å². The minimum Gasteiger partial charge on any atom is -0.497 e. The zero-order valence-corrected chi connectivity index (χ0v) is 14.7. The number of nitrogens with one attached hydrogen (secondary N) is 2. The van der Waals surface area contributed by atoms with Crippen molar-refractivity contribution in [3.63, 3.8) is 0 Å². The van der Waals surface area contributed by atoms with Crippen LogP contribution in [0.2, 0.25) is 0 Å². The predicted molar refractivity (Wildman–Crippen MR) is 101 cm³/mol. The van der Waals surface area contributed by atoms with E-state index in [0.717, 1.165) is 21.9 Å². The number of benzene rings is 1. The molecule has 7 heteroatoms. The molecule has 0 radical (unpaired) electrons. The molecule has 0 aliphatic rings. The molecule has 3 rings (SSSR count). The Labute approximate surface area is 149 Å². The molecule has 0 aliphatic heterocycles. The van der Waals surface area contributed by atoms with Gasteiger partial charge in [-0.05, 0) is 47.4 Å². The third kappa shape index (κ3) is 4.27. The molecular weight excluding hydrogens is 340 g/mol. The second-order valence-corrected chi connectivity index (χ2v) is 6.25. The van der Waals surface area contributed by atoms with Crippen molar-refractivity contribution >= 4 is 34.6 Å². The van der Waals surface area contributed by atoms with Gasteiger partial charge in [-0.15, -0.1) is 11.3 Å². The average molecular weight is 356 g/mol. The van der Waals surface area contributed by atoms with Crippen molar-refractivity contribution in [2.24, 2.45) is 0 Å². The van der Waals surface area contributed by atoms with Gasteiger partial charge in [-0.3, -0.25) is 0 Å². The summed E-state index contributed by atoms with van der Waals surface area (Å²) < 4.78 is 5.14. The molecule has 24 heavy (non-hydrogen) atoms. The standard InChI is InChI=1S/C17H16N4OS2/c1-22-13-6-4-12(5-7-13)11-19-17(23)21-16-18-9-8-14(20-16)15-3-2-10-24-15/h2-10H,11H2,1H3,(H2,18,19,20,21,23). The number of rotatable bonds is 5. The second kappa shape index (κ2) is 7.85. The highest BCUT2D eigenvalue weighted by Gasteiger charge is 2.05. The fourth-order valence-electron chi connectivity index (χ4n) is 2.05. The Morgan fingerprint density at radius 2 is 2.04 bits per heavy atom. The summed E-state index contributed by atoms with van der Waals surface area (Å²) in [5.41, 5.74) is 1.98. The third-order valence-corrected chi connectivity index (χ3v) is 4.41. The Morgan fingerprint density at radius 3 is 2.75 bits per heavy atom. The first kappa shape index (κ1) is 16.4. The maximum atomic E-state index is 5.30. The molecule has 0 aliphatic carbocycles. The molecular formula is C17H16N4OS2. The Hall–Kier alpha value is -2.51. The van der Waals surface area contributed by atoms with Crippen LogP contribution in [0.4, 0.5) is 5.95 Å². The monoisotopic (exact) mass is 356 g/mol. The SMILES string of the molecule is COc1ccc(CNC(=S)Nc2nccc(-c3cccs3)n2)cc1. The molecule has 2 N–H and O–H groups in total. The van der Waals surface area contributed by atoms with Crippen LogP contribution in [0.25, 0.3) is 10.6 Å². The van der Waals surface area contributed by atoms with Crippen LogP contribution in [0.1, 0.15) is 5.56 Å². The van der Waals surface area contributed by atoms with Gasteiger partial charge in [0.15, 0.2) is 5.11 Å². The number of ether oxygens (including phenoxy) is 1. The van der Waals surface area contributed by atoms with Crippen molar-refractivity contribution in [2.75, 3.05) is 12.4 Å². The van der Waals surface area contributed by atoms with Crippen LogP contribution in [-0.2, 0) is 6.54 Å². The van der Waals surface area contributed by atoms with E-state index in [2.05, 4.69) is 20.6 Å². The van der Waals surface area contributed by atoms with Gasteiger partial charge in [0.1, 0.15) is 5.75 Å². The maximum Gasteiger partial charge on any atom is 0.229 e. The summed E-state index contributed by atoms with van der Waals surface area (Å²) in [5, 5.41) is 8.66. The zero-order valence-electron chi connectivity index (χ0n) is 13.0. The average Bonchev–Trinajstić information content (AvgIpc) is 3.15. The predicted octanol–water partition coefficient (Wildman–Crippen LogP) is 3.70. The Bertz CT molecular complexity index is 804. The van der Waals surface area contributed by atoms with Gasteiger partial charge in [0, 0.05) is 12.7 Å². The number of nitrogens with zero attached hydrogens (tertiary/aromatic N) is 2. The minimum absolute atomic E-state index is 0.480. The van der Waals surface area contributed by atoms with Crippen molar-refractivity contribution in [2.45, 2.75) is 6.54 Å². The molecule has 2 aromatic heterocycles. The van der Waals surface area contributed by atoms with E-state index in [1.165, 1.54) is 0 Å². The molecule has 0 saturated carbocycles. The molecule has 0 fully saturated rings. The molecule has 0 unspecified atom stereocenters. The molecule has 2 heterocycles. The summed E-state index contributed by atoms with van der Waals surface area (Å²) in [6.45, 7) is 0.612. The van der Waals surface area contributed by atoms with Crippen LogP contribution < -0.4 is 15.4 Å². The van der Waals surface area contributed by atoms with Gasteiger partial charge in [0.2, 0.25) is 5.95 Å². The van der Waals surface area contributed by atoms with E-state index in [1.807, 2.05) is 47.8 Å². The van der Waals surface area contributed by atoms with Crippen molar-refractivity contribution in [3.8, 4) is 16.3 Å². The highest BCUT2D eigenvalue weighted by molar-refractivity contribution is 7.80. The normalized spacial score (nSPS) is 10.2. The van der Waals surface area contributed by atoms with Crippen LogP contribution in [0, 0.1) is 0 Å². The van der Waals surface area contributed by atoms with E-state index in [9.17, 15) is 0 Å². The van der Waals surface area contributed by atoms with Gasteiger partial charge in [-0.2, -0.15) is 0 Å². The zero-order chi connectivity index (χ0) is 16.8. The fourth-order valence-corrected chi connectivity index (χ4v) is 2.91. The van der Waals surface area contributed by atoms with Crippen LogP contribution >= 0.6 is 23.6 Å². The molecule has 1 aromatic carbocycles. The number of anilines is 1. The maximum absolute atomic E-state index is 5.30. The van der Waals surface area contributed by atoms with E-state index in [-0.39, 0.29) is 0 Å². The van der Waals surface area contributed by atoms with Gasteiger partial charge >= 0.3 is 0 Å². The van der Waals surface area contributed by atoms with Crippen molar-refractivity contribution in [1.29, 1.82) is 0 Å². The Balaban J connectivity index is 1.57. The lowest BCUT2D eigenvalue weighted by atomic mass is 10.2. The lowest BCUT2D eigenvalue weighted by Gasteiger charge is -2.10. The molecule has 0 bridgehead atoms. The number of methoxy groups -OCH3 is 1. The Morgan fingerprint density at radius 1 is 1.21 bits per heavy atom. The van der Waals surface area contributed by atoms with E-state index < -0.39 is 0 Å². The molecule has 0 saturated heterocycles. The topological polar surface area (TPSA) is 59.1 Å². The molecule has 3 aromatic rings. The second-order valence-electron chi connectivity index (χ2n) is 4.90. The van der Waals surface area contributed by atoms with Gasteiger partial charge < -0.3 is 15.4 Å². The van der Waals surface area contributed by atoms with Gasteiger partial charge in [-0.25, -0.2) is 9.97 Å². The third-order valence-electron chi connectivity index (χ3n) is 3.27. The number of thiophene rings is 1. The fraction of sp³-hybridized carbons (Fsp3) is 0.118. The summed E-state index contributed by atoms with van der Waals surface area (Å²) in [7, 11) is 1.65. The summed E-state index contributed by atoms with van der Waals surface area (Å²) in [6.07, 6.45) is 1.72. The van der Waals surface area contributed by atoms with Gasteiger partial charge in [-0.1, -0.05) is 18.2 Å². The van der Waals surface area contributed by atoms with Crippen molar-refractivity contribution < 1.29 is 4.74 Å². The highest BCUT2D eigenvalue weighted by Crippen LogP contribution is 2.22. The first-order valence-corrected chi connectivity index (χ1v) is 8.58. The number of hydrogen-bond donors (Lipinski definition) is 2. The summed E-state index contributed by atoms with van der Waals surface area (Å²) in [4.78, 5) is 9.78. The summed E-state index contributed by atoms with van der Waals surface area (Å²) in [5.74, 6) is 1.31. The quantitative estimate of drug-likeness (QED) is 0.680. The molecule has 0 spiro atoms. The number of hydrogen-bond acceptors (Lipinski definition) is 5. The highest BCUT2D eigenvalue weighted by atomic mass is 32.1. The largest absolute Gasteiger partial charge is 0.497 e. The number of thiocarbonyl (C=S) groups is 1. The van der Waals surface area contributed by atoms with Crippen LogP contribution in [0.5, 0.6) is 5.75 Å². The van der Waals surface area contributed by atoms with Crippen LogP contribution in [0.3, 0.4) is 0 Å². The molecule has 122 valence electrons. The van der Waals surface area contributed by atoms with E-state index in [0.29, 0.717) is 17.6 Å². The van der Waals surface area contributed by atoms with E-state index >= 15 is 0 Å². The summed E-state index contributed by atoms with van der Waals surface area (Å²) in [6, 6.07) is 13.7. The van der Waals surface area contributed by atoms with Gasteiger partial charge in [0.25, 0.3) is 0 Å². The van der Waals surface area contributed by atoms with Crippen LogP contribution in [0.15, 0.2) is 54.0 Å². The lowest BCUT2D eigenvalue weighted by molar-refractivity contribution is 0.414. The number of aromatic nitrogens is 2. The van der Waals surface area contributed by atoms with Crippen molar-refractivity contribution in [1.82, 2.24) is 15.3 Å². The van der Waals surface area contributed by atoms with E-state index in [1.54, 1.807) is 24.6 Å². The first-order chi connectivity index (χ1) is 11.7. The lowest BCUT2D eigenvalue weighted by Crippen LogP contribution is -2.28.